The van der Waals surface area contributed by atoms with Crippen molar-refractivity contribution in [3.8, 4) is 5.75 Å². The van der Waals surface area contributed by atoms with Crippen LogP contribution >= 0.6 is 0 Å². The maximum atomic E-state index is 12.4. The monoisotopic (exact) mass is 360 g/mol. The Bertz CT molecular complexity index is 621. The quantitative estimate of drug-likeness (QED) is 0.819. The number of hydrogen-bond acceptors (Lipinski definition) is 4. The SMILES string of the molecule is CCCNC(=O)CN1CC[C@]2(O)CCCC[C@H]2[C@H]1c1ccccc1OC. The highest BCUT2D eigenvalue weighted by molar-refractivity contribution is 5.78. The summed E-state index contributed by atoms with van der Waals surface area (Å²) in [5, 5.41) is 14.3. The molecule has 1 amide bonds. The molecule has 2 fully saturated rings. The van der Waals surface area contributed by atoms with Crippen LogP contribution in [0.15, 0.2) is 24.3 Å². The number of ether oxygens (including phenoxy) is 1. The molecule has 5 heteroatoms. The second-order valence-electron chi connectivity index (χ2n) is 7.71. The second kappa shape index (κ2) is 8.40. The zero-order chi connectivity index (χ0) is 18.6. The standard InChI is InChI=1S/C21H32N2O3/c1-3-13-22-19(24)15-23-14-12-21(25)11-7-6-9-17(21)20(23)16-8-4-5-10-18(16)26-2/h4-5,8,10,17,20,25H,3,6-7,9,11-15H2,1-2H3,(H,22,24)/t17-,20+,21+/m0/s1. The molecule has 1 heterocycles. The van der Waals surface area contributed by atoms with Gasteiger partial charge in [-0.3, -0.25) is 9.69 Å². The average Bonchev–Trinajstić information content (AvgIpc) is 2.66. The maximum absolute atomic E-state index is 12.4. The molecule has 3 atom stereocenters. The Morgan fingerprint density at radius 1 is 1.35 bits per heavy atom. The molecule has 1 aliphatic heterocycles. The molecule has 26 heavy (non-hydrogen) atoms. The van der Waals surface area contributed by atoms with Gasteiger partial charge in [-0.2, -0.15) is 0 Å². The van der Waals surface area contributed by atoms with Crippen molar-refractivity contribution >= 4 is 5.91 Å². The van der Waals surface area contributed by atoms with Gasteiger partial charge in [-0.15, -0.1) is 0 Å². The van der Waals surface area contributed by atoms with E-state index in [0.29, 0.717) is 13.1 Å². The number of amides is 1. The van der Waals surface area contributed by atoms with Crippen LogP contribution in [0.1, 0.15) is 57.1 Å². The summed E-state index contributed by atoms with van der Waals surface area (Å²) in [4.78, 5) is 14.6. The first-order chi connectivity index (χ1) is 12.6. The number of aliphatic hydroxyl groups is 1. The first-order valence-electron chi connectivity index (χ1n) is 9.95. The lowest BCUT2D eigenvalue weighted by Crippen LogP contribution is -2.56. The number of nitrogens with one attached hydrogen (secondary N) is 1. The van der Waals surface area contributed by atoms with Gasteiger partial charge in [0.25, 0.3) is 0 Å². The van der Waals surface area contributed by atoms with Gasteiger partial charge >= 0.3 is 0 Å². The van der Waals surface area contributed by atoms with Gasteiger partial charge in [0.2, 0.25) is 5.91 Å². The van der Waals surface area contributed by atoms with Crippen LogP contribution in [0.3, 0.4) is 0 Å². The van der Waals surface area contributed by atoms with Crippen LogP contribution in [-0.4, -0.2) is 48.3 Å². The first-order valence-corrected chi connectivity index (χ1v) is 9.95. The highest BCUT2D eigenvalue weighted by Gasteiger charge is 2.49. The summed E-state index contributed by atoms with van der Waals surface area (Å²) in [5.74, 6) is 1.04. The summed E-state index contributed by atoms with van der Waals surface area (Å²) in [6.07, 6.45) is 5.75. The van der Waals surface area contributed by atoms with E-state index >= 15 is 0 Å². The molecule has 1 saturated carbocycles. The third-order valence-electron chi connectivity index (χ3n) is 6.05. The number of para-hydroxylation sites is 1. The average molecular weight is 360 g/mol. The summed E-state index contributed by atoms with van der Waals surface area (Å²) in [6, 6.07) is 8.06. The van der Waals surface area contributed by atoms with Crippen molar-refractivity contribution in [3.63, 3.8) is 0 Å². The van der Waals surface area contributed by atoms with Crippen LogP contribution in [0.25, 0.3) is 0 Å². The molecular formula is C21H32N2O3. The first kappa shape index (κ1) is 19.2. The predicted molar refractivity (Wildman–Crippen MR) is 102 cm³/mol. The number of methoxy groups -OCH3 is 1. The molecule has 1 aromatic carbocycles. The third-order valence-corrected chi connectivity index (χ3v) is 6.05. The number of piperidine rings is 1. The second-order valence-corrected chi connectivity index (χ2v) is 7.71. The molecular weight excluding hydrogens is 328 g/mol. The van der Waals surface area contributed by atoms with E-state index in [9.17, 15) is 9.90 Å². The molecule has 0 bridgehead atoms. The van der Waals surface area contributed by atoms with Crippen LogP contribution in [-0.2, 0) is 4.79 Å². The van der Waals surface area contributed by atoms with Gasteiger partial charge in [0, 0.05) is 30.6 Å². The molecule has 0 radical (unpaired) electrons. The van der Waals surface area contributed by atoms with Gasteiger partial charge in [-0.1, -0.05) is 38.0 Å². The molecule has 1 aliphatic carbocycles. The molecule has 0 spiro atoms. The van der Waals surface area contributed by atoms with Gasteiger partial charge in [-0.05, 0) is 31.7 Å². The molecule has 0 aromatic heterocycles. The number of likely N-dealkylation sites (tertiary alicyclic amines) is 1. The Kier molecular flexibility index (Phi) is 6.20. The lowest BCUT2D eigenvalue weighted by molar-refractivity contribution is -0.138. The minimum atomic E-state index is -0.625. The highest BCUT2D eigenvalue weighted by Crippen LogP contribution is 2.50. The Morgan fingerprint density at radius 3 is 2.92 bits per heavy atom. The number of fused-ring (bicyclic) bond motifs is 1. The van der Waals surface area contributed by atoms with E-state index in [2.05, 4.69) is 23.2 Å². The fourth-order valence-corrected chi connectivity index (χ4v) is 4.75. The lowest BCUT2D eigenvalue weighted by Gasteiger charge is -2.52. The minimum Gasteiger partial charge on any atom is -0.496 e. The summed E-state index contributed by atoms with van der Waals surface area (Å²) in [7, 11) is 1.69. The molecule has 3 rings (SSSR count). The largest absolute Gasteiger partial charge is 0.496 e. The fourth-order valence-electron chi connectivity index (χ4n) is 4.75. The van der Waals surface area contributed by atoms with Crippen LogP contribution in [0.2, 0.25) is 0 Å². The summed E-state index contributed by atoms with van der Waals surface area (Å²) < 4.78 is 5.62. The minimum absolute atomic E-state index is 0.0116. The summed E-state index contributed by atoms with van der Waals surface area (Å²) >= 11 is 0. The van der Waals surface area contributed by atoms with Crippen LogP contribution in [0, 0.1) is 5.92 Å². The Morgan fingerprint density at radius 2 is 2.15 bits per heavy atom. The van der Waals surface area contributed by atoms with Crippen molar-refractivity contribution in [1.29, 1.82) is 0 Å². The number of rotatable bonds is 6. The number of benzene rings is 1. The molecule has 1 saturated heterocycles. The molecule has 2 aliphatic rings. The highest BCUT2D eigenvalue weighted by atomic mass is 16.5. The van der Waals surface area contributed by atoms with Crippen molar-refractivity contribution in [2.45, 2.75) is 57.1 Å². The smallest absolute Gasteiger partial charge is 0.234 e. The number of carbonyl (C=O) groups is 1. The van der Waals surface area contributed by atoms with Crippen molar-refractivity contribution in [2.75, 3.05) is 26.7 Å². The van der Waals surface area contributed by atoms with E-state index in [1.165, 1.54) is 0 Å². The normalized spacial score (nSPS) is 29.0. The Balaban J connectivity index is 1.91. The van der Waals surface area contributed by atoms with E-state index in [-0.39, 0.29) is 17.9 Å². The summed E-state index contributed by atoms with van der Waals surface area (Å²) in [5.41, 5.74) is 0.462. The zero-order valence-corrected chi connectivity index (χ0v) is 16.0. The molecule has 1 aromatic rings. The topological polar surface area (TPSA) is 61.8 Å². The van der Waals surface area contributed by atoms with Crippen molar-refractivity contribution in [3.05, 3.63) is 29.8 Å². The maximum Gasteiger partial charge on any atom is 0.234 e. The predicted octanol–water partition coefficient (Wildman–Crippen LogP) is 2.89. The molecule has 144 valence electrons. The number of hydrogen-bond donors (Lipinski definition) is 2. The van der Waals surface area contributed by atoms with E-state index < -0.39 is 5.60 Å². The number of nitrogens with zero attached hydrogens (tertiary/aromatic N) is 1. The molecule has 2 N–H and O–H groups in total. The fraction of sp³-hybridized carbons (Fsp3) is 0.667. The molecule has 0 unspecified atom stereocenters. The Hall–Kier alpha value is -1.59. The molecule has 5 nitrogen and oxygen atoms in total. The van der Waals surface area contributed by atoms with Gasteiger partial charge in [0.15, 0.2) is 0 Å². The van der Waals surface area contributed by atoms with E-state index in [0.717, 1.165) is 56.4 Å². The van der Waals surface area contributed by atoms with E-state index in [1.807, 2.05) is 18.2 Å². The third kappa shape index (κ3) is 3.89. The van der Waals surface area contributed by atoms with Crippen molar-refractivity contribution in [1.82, 2.24) is 10.2 Å². The van der Waals surface area contributed by atoms with Crippen LogP contribution < -0.4 is 10.1 Å². The van der Waals surface area contributed by atoms with Crippen molar-refractivity contribution < 1.29 is 14.6 Å². The van der Waals surface area contributed by atoms with Gasteiger partial charge in [-0.25, -0.2) is 0 Å². The number of carbonyl (C=O) groups excluding carboxylic acids is 1. The van der Waals surface area contributed by atoms with Gasteiger partial charge < -0.3 is 15.2 Å². The van der Waals surface area contributed by atoms with Gasteiger partial charge in [0.1, 0.15) is 5.75 Å². The van der Waals surface area contributed by atoms with Crippen LogP contribution in [0.4, 0.5) is 0 Å². The Labute approximate surface area is 156 Å². The van der Waals surface area contributed by atoms with Gasteiger partial charge in [0.05, 0.1) is 19.3 Å². The van der Waals surface area contributed by atoms with Crippen LogP contribution in [0.5, 0.6) is 5.75 Å². The summed E-state index contributed by atoms with van der Waals surface area (Å²) in [6.45, 7) is 3.87. The zero-order valence-electron chi connectivity index (χ0n) is 16.0. The lowest BCUT2D eigenvalue weighted by atomic mass is 9.66. The van der Waals surface area contributed by atoms with E-state index in [1.54, 1.807) is 7.11 Å². The van der Waals surface area contributed by atoms with Crippen molar-refractivity contribution in [2.24, 2.45) is 5.92 Å². The van der Waals surface area contributed by atoms with E-state index in [4.69, 9.17) is 4.74 Å².